The average molecular weight is 477 g/mol. The van der Waals surface area contributed by atoms with E-state index < -0.39 is 6.09 Å². The average Bonchev–Trinajstić information content (AvgIpc) is 3.46. The normalized spacial score (nSPS) is 19.0. The summed E-state index contributed by atoms with van der Waals surface area (Å²) in [5.41, 5.74) is 9.69. The van der Waals surface area contributed by atoms with Gasteiger partial charge in [0.2, 0.25) is 0 Å². The molecule has 2 unspecified atom stereocenters. The highest BCUT2D eigenvalue weighted by molar-refractivity contribution is 7.21. The second-order valence-corrected chi connectivity index (χ2v) is 10.9. The van der Waals surface area contributed by atoms with Gasteiger partial charge in [-0.05, 0) is 36.5 Å². The van der Waals surface area contributed by atoms with Crippen LogP contribution in [0.1, 0.15) is 39.7 Å². The standard InChI is InChI=1S/C25H28N6O2S/c1-25(2,3)21-11-17(8-9-30(21)24(32)33)31-14-16(13-28-31)15-10-18(22(26)27-12-15)23-29-19-6-4-5-7-20(19)34-23/h4-7,10,12-14,17,21H,8-9,11H2,1-3H3,(H2,26,27)(H,32,33). The predicted octanol–water partition coefficient (Wildman–Crippen LogP) is 5.53. The van der Waals surface area contributed by atoms with Crippen molar-refractivity contribution in [2.24, 2.45) is 5.41 Å². The summed E-state index contributed by atoms with van der Waals surface area (Å²) in [6.45, 7) is 6.78. The number of aromatic nitrogens is 4. The molecule has 9 heteroatoms. The largest absolute Gasteiger partial charge is 0.465 e. The van der Waals surface area contributed by atoms with Crippen LogP contribution in [0.5, 0.6) is 0 Å². The molecule has 1 aliphatic heterocycles. The van der Waals surface area contributed by atoms with Crippen LogP contribution in [0.15, 0.2) is 48.9 Å². The number of amides is 1. The maximum atomic E-state index is 11.8. The van der Waals surface area contributed by atoms with E-state index in [2.05, 4.69) is 36.9 Å². The van der Waals surface area contributed by atoms with E-state index in [0.29, 0.717) is 12.4 Å². The number of nitrogen functional groups attached to an aromatic ring is 1. The maximum absolute atomic E-state index is 11.8. The first kappa shape index (κ1) is 22.3. The molecule has 5 rings (SSSR count). The number of benzene rings is 1. The van der Waals surface area contributed by atoms with Crippen molar-refractivity contribution in [1.82, 2.24) is 24.6 Å². The van der Waals surface area contributed by atoms with E-state index >= 15 is 0 Å². The number of nitrogens with zero attached hydrogens (tertiary/aromatic N) is 5. The number of piperidine rings is 1. The van der Waals surface area contributed by atoms with Gasteiger partial charge in [-0.15, -0.1) is 11.3 Å². The van der Waals surface area contributed by atoms with Crippen LogP contribution >= 0.6 is 11.3 Å². The summed E-state index contributed by atoms with van der Waals surface area (Å²) >= 11 is 1.60. The van der Waals surface area contributed by atoms with Gasteiger partial charge in [-0.3, -0.25) is 4.68 Å². The predicted molar refractivity (Wildman–Crippen MR) is 135 cm³/mol. The van der Waals surface area contributed by atoms with Crippen LogP contribution in [0.3, 0.4) is 0 Å². The summed E-state index contributed by atoms with van der Waals surface area (Å²) in [7, 11) is 0. The Hall–Kier alpha value is -3.46. The van der Waals surface area contributed by atoms with Crippen LogP contribution in [-0.2, 0) is 0 Å². The van der Waals surface area contributed by atoms with E-state index in [1.54, 1.807) is 22.4 Å². The van der Waals surface area contributed by atoms with Crippen LogP contribution in [0.4, 0.5) is 10.6 Å². The first-order valence-electron chi connectivity index (χ1n) is 11.4. The molecular weight excluding hydrogens is 448 g/mol. The molecule has 34 heavy (non-hydrogen) atoms. The minimum atomic E-state index is -0.852. The number of fused-ring (bicyclic) bond motifs is 1. The number of pyridine rings is 1. The fourth-order valence-corrected chi connectivity index (χ4v) is 5.71. The maximum Gasteiger partial charge on any atom is 0.407 e. The van der Waals surface area contributed by atoms with Crippen LogP contribution < -0.4 is 5.73 Å². The number of hydrogen-bond donors (Lipinski definition) is 2. The number of carboxylic acid groups (broad SMARTS) is 1. The van der Waals surface area contributed by atoms with Crippen molar-refractivity contribution >= 4 is 33.5 Å². The Kier molecular flexibility index (Phi) is 5.51. The van der Waals surface area contributed by atoms with Gasteiger partial charge in [-0.2, -0.15) is 5.10 Å². The fourth-order valence-electron chi connectivity index (χ4n) is 4.72. The summed E-state index contributed by atoms with van der Waals surface area (Å²) < 4.78 is 3.08. The smallest absolute Gasteiger partial charge is 0.407 e. The third-order valence-corrected chi connectivity index (χ3v) is 7.64. The van der Waals surface area contributed by atoms with E-state index in [1.165, 1.54) is 0 Å². The van der Waals surface area contributed by atoms with Crippen molar-refractivity contribution < 1.29 is 9.90 Å². The Labute approximate surface area is 202 Å². The second-order valence-electron chi connectivity index (χ2n) is 9.89. The Morgan fingerprint density at radius 3 is 2.74 bits per heavy atom. The van der Waals surface area contributed by atoms with Crippen molar-refractivity contribution in [3.8, 4) is 21.7 Å². The molecule has 0 radical (unpaired) electrons. The highest BCUT2D eigenvalue weighted by Crippen LogP contribution is 2.38. The molecule has 1 aromatic carbocycles. The summed E-state index contributed by atoms with van der Waals surface area (Å²) in [4.78, 5) is 22.5. The van der Waals surface area contributed by atoms with Crippen molar-refractivity contribution in [1.29, 1.82) is 0 Å². The molecule has 0 aliphatic carbocycles. The van der Waals surface area contributed by atoms with Crippen LogP contribution in [0.2, 0.25) is 0 Å². The number of nitrogens with two attached hydrogens (primary N) is 1. The van der Waals surface area contributed by atoms with Crippen molar-refractivity contribution in [2.75, 3.05) is 12.3 Å². The molecule has 3 aromatic heterocycles. The van der Waals surface area contributed by atoms with Crippen LogP contribution in [0, 0.1) is 5.41 Å². The van der Waals surface area contributed by atoms with Gasteiger partial charge >= 0.3 is 6.09 Å². The number of anilines is 1. The molecule has 0 bridgehead atoms. The van der Waals surface area contributed by atoms with E-state index in [0.717, 1.165) is 44.8 Å². The second kappa shape index (κ2) is 8.39. The van der Waals surface area contributed by atoms with Crippen molar-refractivity contribution in [3.05, 3.63) is 48.9 Å². The lowest BCUT2D eigenvalue weighted by atomic mass is 9.79. The molecule has 0 spiro atoms. The lowest BCUT2D eigenvalue weighted by Gasteiger charge is -2.44. The Bertz CT molecular complexity index is 1320. The zero-order valence-corrected chi connectivity index (χ0v) is 20.3. The molecule has 3 N–H and O–H groups in total. The van der Waals surface area contributed by atoms with Crippen LogP contribution in [0.25, 0.3) is 31.9 Å². The van der Waals surface area contributed by atoms with Gasteiger partial charge in [0.15, 0.2) is 0 Å². The van der Waals surface area contributed by atoms with Gasteiger partial charge in [-0.1, -0.05) is 32.9 Å². The fraction of sp³-hybridized carbons (Fsp3) is 0.360. The molecule has 2 atom stereocenters. The zero-order chi connectivity index (χ0) is 24.0. The number of hydrogen-bond acceptors (Lipinski definition) is 6. The molecule has 1 saturated heterocycles. The highest BCUT2D eigenvalue weighted by atomic mass is 32.1. The molecule has 4 heterocycles. The summed E-state index contributed by atoms with van der Waals surface area (Å²) in [5, 5.41) is 15.1. The molecule has 1 fully saturated rings. The molecule has 1 amide bonds. The third-order valence-electron chi connectivity index (χ3n) is 6.57. The first-order chi connectivity index (χ1) is 16.2. The topological polar surface area (TPSA) is 110 Å². The SMILES string of the molecule is CC(C)(C)C1CC(n2cc(-c3cnc(N)c(-c4nc5ccccc5s4)c3)cn2)CCN1C(=O)O. The monoisotopic (exact) mass is 476 g/mol. The number of carbonyl (C=O) groups is 1. The zero-order valence-electron chi connectivity index (χ0n) is 19.5. The minimum absolute atomic E-state index is 0.0692. The van der Waals surface area contributed by atoms with Crippen molar-refractivity contribution in [2.45, 2.75) is 45.7 Å². The molecule has 4 aromatic rings. The Morgan fingerprint density at radius 1 is 1.21 bits per heavy atom. The van der Waals surface area contributed by atoms with Gasteiger partial charge in [0.25, 0.3) is 0 Å². The summed E-state index contributed by atoms with van der Waals surface area (Å²) in [5.74, 6) is 0.448. The number of rotatable bonds is 3. The van der Waals surface area contributed by atoms with Gasteiger partial charge in [0, 0.05) is 36.1 Å². The van der Waals surface area contributed by atoms with E-state index in [9.17, 15) is 9.90 Å². The summed E-state index contributed by atoms with van der Waals surface area (Å²) in [6, 6.07) is 10.1. The number of para-hydroxylation sites is 1. The molecule has 1 aliphatic rings. The Balaban J connectivity index is 1.43. The van der Waals surface area contributed by atoms with E-state index in [1.807, 2.05) is 41.3 Å². The number of likely N-dealkylation sites (tertiary alicyclic amines) is 1. The highest BCUT2D eigenvalue weighted by Gasteiger charge is 2.39. The van der Waals surface area contributed by atoms with Crippen molar-refractivity contribution in [3.63, 3.8) is 0 Å². The molecule has 0 saturated carbocycles. The minimum Gasteiger partial charge on any atom is -0.465 e. The Morgan fingerprint density at radius 2 is 2.00 bits per heavy atom. The van der Waals surface area contributed by atoms with Gasteiger partial charge in [0.1, 0.15) is 10.8 Å². The van der Waals surface area contributed by atoms with Gasteiger partial charge in [-0.25, -0.2) is 14.8 Å². The van der Waals surface area contributed by atoms with Crippen LogP contribution in [-0.4, -0.2) is 48.4 Å². The van der Waals surface area contributed by atoms with Gasteiger partial charge in [0.05, 0.1) is 28.0 Å². The lowest BCUT2D eigenvalue weighted by Crippen LogP contribution is -2.51. The number of thiazole rings is 1. The first-order valence-corrected chi connectivity index (χ1v) is 12.2. The molecule has 176 valence electrons. The van der Waals surface area contributed by atoms with E-state index in [-0.39, 0.29) is 17.5 Å². The summed E-state index contributed by atoms with van der Waals surface area (Å²) in [6.07, 6.45) is 6.24. The molecule has 8 nitrogen and oxygen atoms in total. The van der Waals surface area contributed by atoms with Gasteiger partial charge < -0.3 is 15.7 Å². The lowest BCUT2D eigenvalue weighted by molar-refractivity contribution is 0.0408. The van der Waals surface area contributed by atoms with E-state index in [4.69, 9.17) is 10.7 Å². The molecular formula is C25H28N6O2S. The third kappa shape index (κ3) is 4.11. The quantitative estimate of drug-likeness (QED) is 0.402.